The number of nitrogens with zero attached hydrogens (tertiary/aromatic N) is 2. The molecule has 1 N–H and O–H groups in total. The van der Waals surface area contributed by atoms with Crippen molar-refractivity contribution in [3.8, 4) is 0 Å². The summed E-state index contributed by atoms with van der Waals surface area (Å²) in [6, 6.07) is 1.97. The number of nitrogens with one attached hydrogen (secondary N) is 1. The second-order valence-corrected chi connectivity index (χ2v) is 4.43. The van der Waals surface area contributed by atoms with Crippen LogP contribution in [0.25, 0.3) is 0 Å². The van der Waals surface area contributed by atoms with Crippen molar-refractivity contribution in [1.29, 1.82) is 0 Å². The number of aromatic nitrogens is 2. The molecule has 1 rings (SSSR count). The zero-order chi connectivity index (χ0) is 12.8. The van der Waals surface area contributed by atoms with Gasteiger partial charge in [0, 0.05) is 19.0 Å². The summed E-state index contributed by atoms with van der Waals surface area (Å²) in [6.07, 6.45) is 2.51. The molecule has 0 aliphatic carbocycles. The number of carbonyl (C=O) groups is 1. The molecule has 96 valence electrons. The lowest BCUT2D eigenvalue weighted by atomic mass is 10.1. The normalized spacial score (nSPS) is 12.5. The molecule has 0 spiro atoms. The summed E-state index contributed by atoms with van der Waals surface area (Å²) < 4.78 is 1.63. The first-order valence-electron chi connectivity index (χ1n) is 6.02. The predicted octanol–water partition coefficient (Wildman–Crippen LogP) is 2.12. The Morgan fingerprint density at radius 3 is 2.76 bits per heavy atom. The van der Waals surface area contributed by atoms with Crippen LogP contribution in [0.2, 0.25) is 0 Å². The predicted molar refractivity (Wildman–Crippen MR) is 69.5 cm³/mol. The van der Waals surface area contributed by atoms with Crippen molar-refractivity contribution < 1.29 is 4.79 Å². The van der Waals surface area contributed by atoms with Crippen molar-refractivity contribution in [3.63, 3.8) is 0 Å². The first kappa shape index (κ1) is 14.0. The van der Waals surface area contributed by atoms with E-state index in [1.807, 2.05) is 19.9 Å². The minimum atomic E-state index is -0.0725. The smallest absolute Gasteiger partial charge is 0.269 e. The van der Waals surface area contributed by atoms with E-state index in [0.29, 0.717) is 11.6 Å². The Hall–Kier alpha value is -1.03. The Morgan fingerprint density at radius 2 is 2.29 bits per heavy atom. The summed E-state index contributed by atoms with van der Waals surface area (Å²) in [6.45, 7) is 4.06. The van der Waals surface area contributed by atoms with Gasteiger partial charge in [0.15, 0.2) is 0 Å². The van der Waals surface area contributed by atoms with Crippen LogP contribution in [0.5, 0.6) is 0 Å². The third kappa shape index (κ3) is 3.73. The average Bonchev–Trinajstić information content (AvgIpc) is 2.70. The Kier molecular flexibility index (Phi) is 5.48. The van der Waals surface area contributed by atoms with Crippen LogP contribution in [0.4, 0.5) is 0 Å². The van der Waals surface area contributed by atoms with Crippen LogP contribution in [0.3, 0.4) is 0 Å². The molecule has 0 bridgehead atoms. The van der Waals surface area contributed by atoms with Crippen molar-refractivity contribution >= 4 is 17.5 Å². The largest absolute Gasteiger partial charge is 0.348 e. The molecule has 0 aliphatic rings. The van der Waals surface area contributed by atoms with Gasteiger partial charge < -0.3 is 5.32 Å². The van der Waals surface area contributed by atoms with Crippen molar-refractivity contribution in [3.05, 3.63) is 17.5 Å². The molecule has 0 saturated heterocycles. The van der Waals surface area contributed by atoms with Crippen LogP contribution in [0, 0.1) is 0 Å². The van der Waals surface area contributed by atoms with Crippen LogP contribution in [-0.2, 0) is 13.5 Å². The molecule has 1 aromatic heterocycles. The van der Waals surface area contributed by atoms with E-state index in [2.05, 4.69) is 10.4 Å². The maximum Gasteiger partial charge on any atom is 0.269 e. The third-order valence-electron chi connectivity index (χ3n) is 2.81. The molecule has 0 fully saturated rings. The Balaban J connectivity index is 2.71. The fraction of sp³-hybridized carbons (Fsp3) is 0.667. The summed E-state index contributed by atoms with van der Waals surface area (Å²) in [7, 11) is 1.79. The standard InChI is InChI=1S/C12H20ClN3O/c1-4-9(6-7-13)14-12(17)11-8-10(5-2)15-16(11)3/h8-9H,4-7H2,1-3H3,(H,14,17). The second kappa shape index (κ2) is 6.64. The zero-order valence-corrected chi connectivity index (χ0v) is 11.4. The van der Waals surface area contributed by atoms with Gasteiger partial charge in [0.25, 0.3) is 5.91 Å². The topological polar surface area (TPSA) is 46.9 Å². The van der Waals surface area contributed by atoms with Gasteiger partial charge in [-0.1, -0.05) is 13.8 Å². The van der Waals surface area contributed by atoms with Gasteiger partial charge >= 0.3 is 0 Å². The number of halogens is 1. The molecular formula is C12H20ClN3O. The van der Waals surface area contributed by atoms with Gasteiger partial charge in [-0.15, -0.1) is 11.6 Å². The highest BCUT2D eigenvalue weighted by Gasteiger charge is 2.15. The SMILES string of the molecule is CCc1cc(C(=O)NC(CC)CCCl)n(C)n1. The molecule has 5 heteroatoms. The quantitative estimate of drug-likeness (QED) is 0.794. The number of alkyl halides is 1. The Bertz CT molecular complexity index is 376. The van der Waals surface area contributed by atoms with Crippen molar-refractivity contribution in [2.24, 2.45) is 7.05 Å². The fourth-order valence-corrected chi connectivity index (χ4v) is 1.94. The van der Waals surface area contributed by atoms with E-state index in [4.69, 9.17) is 11.6 Å². The first-order chi connectivity index (χ1) is 8.12. The number of amides is 1. The molecule has 1 aromatic rings. The van der Waals surface area contributed by atoms with Crippen LogP contribution in [0.1, 0.15) is 42.9 Å². The van der Waals surface area contributed by atoms with Gasteiger partial charge in [-0.2, -0.15) is 5.10 Å². The summed E-state index contributed by atoms with van der Waals surface area (Å²) >= 11 is 5.69. The van der Waals surface area contributed by atoms with Crippen molar-refractivity contribution in [1.82, 2.24) is 15.1 Å². The van der Waals surface area contributed by atoms with Crippen LogP contribution in [-0.4, -0.2) is 27.6 Å². The van der Waals surface area contributed by atoms with Crippen molar-refractivity contribution in [2.45, 2.75) is 39.2 Å². The van der Waals surface area contributed by atoms with Gasteiger partial charge in [-0.25, -0.2) is 0 Å². The molecule has 0 radical (unpaired) electrons. The average molecular weight is 258 g/mol. The number of aryl methyl sites for hydroxylation is 2. The maximum absolute atomic E-state index is 12.0. The molecule has 1 amide bonds. The number of carbonyl (C=O) groups excluding carboxylic acids is 1. The first-order valence-corrected chi connectivity index (χ1v) is 6.55. The highest BCUT2D eigenvalue weighted by molar-refractivity contribution is 6.17. The number of hydrogen-bond acceptors (Lipinski definition) is 2. The molecule has 0 aromatic carbocycles. The summed E-state index contributed by atoms with van der Waals surface area (Å²) in [4.78, 5) is 12.0. The van der Waals surface area contributed by atoms with Crippen molar-refractivity contribution in [2.75, 3.05) is 5.88 Å². The fourth-order valence-electron chi connectivity index (χ4n) is 1.68. The Labute approximate surface area is 107 Å². The van der Waals surface area contributed by atoms with E-state index < -0.39 is 0 Å². The molecule has 1 heterocycles. The van der Waals surface area contributed by atoms with E-state index in [1.165, 1.54) is 0 Å². The monoisotopic (exact) mass is 257 g/mol. The molecule has 0 aliphatic heterocycles. The van der Waals surface area contributed by atoms with Crippen LogP contribution in [0.15, 0.2) is 6.07 Å². The van der Waals surface area contributed by atoms with Gasteiger partial charge in [-0.05, 0) is 25.3 Å². The molecule has 4 nitrogen and oxygen atoms in total. The summed E-state index contributed by atoms with van der Waals surface area (Å²) in [5.74, 6) is 0.487. The minimum absolute atomic E-state index is 0.0725. The minimum Gasteiger partial charge on any atom is -0.348 e. The lowest BCUT2D eigenvalue weighted by Crippen LogP contribution is -2.35. The highest BCUT2D eigenvalue weighted by atomic mass is 35.5. The second-order valence-electron chi connectivity index (χ2n) is 4.05. The lowest BCUT2D eigenvalue weighted by molar-refractivity contribution is 0.0925. The molecule has 1 unspecified atom stereocenters. The summed E-state index contributed by atoms with van der Waals surface area (Å²) in [5.41, 5.74) is 1.54. The van der Waals surface area contributed by atoms with E-state index in [0.717, 1.165) is 25.0 Å². The zero-order valence-electron chi connectivity index (χ0n) is 10.7. The van der Waals surface area contributed by atoms with Gasteiger partial charge in [0.05, 0.1) is 5.69 Å². The van der Waals surface area contributed by atoms with E-state index in [9.17, 15) is 4.79 Å². The van der Waals surface area contributed by atoms with Gasteiger partial charge in [0.2, 0.25) is 0 Å². The van der Waals surface area contributed by atoms with Gasteiger partial charge in [0.1, 0.15) is 5.69 Å². The number of hydrogen-bond donors (Lipinski definition) is 1. The summed E-state index contributed by atoms with van der Waals surface area (Å²) in [5, 5.41) is 7.24. The number of rotatable bonds is 6. The van der Waals surface area contributed by atoms with Gasteiger partial charge in [-0.3, -0.25) is 9.48 Å². The van der Waals surface area contributed by atoms with E-state index in [1.54, 1.807) is 11.7 Å². The highest BCUT2D eigenvalue weighted by Crippen LogP contribution is 2.06. The maximum atomic E-state index is 12.0. The third-order valence-corrected chi connectivity index (χ3v) is 3.03. The Morgan fingerprint density at radius 1 is 1.59 bits per heavy atom. The lowest BCUT2D eigenvalue weighted by Gasteiger charge is -2.15. The molecule has 1 atom stereocenters. The van der Waals surface area contributed by atoms with Crippen LogP contribution < -0.4 is 5.32 Å². The van der Waals surface area contributed by atoms with E-state index in [-0.39, 0.29) is 11.9 Å². The van der Waals surface area contributed by atoms with Crippen LogP contribution >= 0.6 is 11.6 Å². The molecule has 17 heavy (non-hydrogen) atoms. The van der Waals surface area contributed by atoms with E-state index >= 15 is 0 Å². The molecule has 0 saturated carbocycles. The molecular weight excluding hydrogens is 238 g/mol.